The molecule has 1 aliphatic heterocycles. The maximum atomic E-state index is 12.6. The number of piperidine rings is 1. The molecule has 0 unspecified atom stereocenters. The van der Waals surface area contributed by atoms with Crippen LogP contribution in [0.2, 0.25) is 0 Å². The predicted molar refractivity (Wildman–Crippen MR) is 93.3 cm³/mol. The van der Waals surface area contributed by atoms with Crippen molar-refractivity contribution in [3.8, 4) is 0 Å². The summed E-state index contributed by atoms with van der Waals surface area (Å²) in [6.07, 6.45) is -0.878. The van der Waals surface area contributed by atoms with Crippen molar-refractivity contribution in [2.24, 2.45) is 5.92 Å². The third kappa shape index (κ3) is 4.33. The zero-order valence-corrected chi connectivity index (χ0v) is 14.4. The zero-order valence-electron chi connectivity index (χ0n) is 14.4. The number of alkyl halides is 3. The Balaban J connectivity index is 1.70. The van der Waals surface area contributed by atoms with Gasteiger partial charge in [0, 0.05) is 30.7 Å². The molecule has 1 N–H and O–H groups in total. The van der Waals surface area contributed by atoms with E-state index in [1.807, 2.05) is 0 Å². The summed E-state index contributed by atoms with van der Waals surface area (Å²) in [6, 6.07) is 8.05. The molecule has 0 aliphatic carbocycles. The molecule has 7 heteroatoms. The number of carbonyl (C=O) groups is 1. The average molecular weight is 363 g/mol. The van der Waals surface area contributed by atoms with E-state index in [9.17, 15) is 18.0 Å². The molecule has 0 radical (unpaired) electrons. The molecule has 0 atom stereocenters. The maximum Gasteiger partial charge on any atom is 0.416 e. The monoisotopic (exact) mass is 363 g/mol. The number of benzene rings is 1. The highest BCUT2D eigenvalue weighted by Crippen LogP contribution is 2.30. The quantitative estimate of drug-likeness (QED) is 0.859. The average Bonchev–Trinajstić information content (AvgIpc) is 2.62. The molecule has 1 fully saturated rings. The van der Waals surface area contributed by atoms with Crippen LogP contribution in [-0.4, -0.2) is 28.9 Å². The molecule has 1 aromatic carbocycles. The first-order valence-electron chi connectivity index (χ1n) is 8.52. The third-order valence-electron chi connectivity index (χ3n) is 4.55. The third-order valence-corrected chi connectivity index (χ3v) is 4.55. The predicted octanol–water partition coefficient (Wildman–Crippen LogP) is 4.72. The Kier molecular flexibility index (Phi) is 5.15. The van der Waals surface area contributed by atoms with Crippen LogP contribution < -0.4 is 5.32 Å². The second-order valence-corrected chi connectivity index (χ2v) is 6.60. The molecule has 0 saturated carbocycles. The van der Waals surface area contributed by atoms with Gasteiger partial charge in [0.25, 0.3) is 5.91 Å². The van der Waals surface area contributed by atoms with Gasteiger partial charge in [-0.25, -0.2) is 0 Å². The van der Waals surface area contributed by atoms with E-state index >= 15 is 0 Å². The van der Waals surface area contributed by atoms with Gasteiger partial charge in [0.2, 0.25) is 0 Å². The van der Waals surface area contributed by atoms with Gasteiger partial charge in [0.1, 0.15) is 5.69 Å². The van der Waals surface area contributed by atoms with Crippen molar-refractivity contribution in [3.05, 3.63) is 53.9 Å². The van der Waals surface area contributed by atoms with Crippen molar-refractivity contribution in [2.45, 2.75) is 25.9 Å². The zero-order chi connectivity index (χ0) is 18.7. The van der Waals surface area contributed by atoms with Gasteiger partial charge >= 0.3 is 6.18 Å². The van der Waals surface area contributed by atoms with Crippen molar-refractivity contribution in [3.63, 3.8) is 0 Å². The van der Waals surface area contributed by atoms with E-state index in [-0.39, 0.29) is 5.91 Å². The first-order chi connectivity index (χ1) is 12.3. The van der Waals surface area contributed by atoms with E-state index < -0.39 is 11.7 Å². The largest absolute Gasteiger partial charge is 0.416 e. The molecule has 4 nitrogen and oxygen atoms in total. The minimum absolute atomic E-state index is 0.118. The number of aromatic nitrogens is 1. The Morgan fingerprint density at radius 3 is 2.38 bits per heavy atom. The summed E-state index contributed by atoms with van der Waals surface area (Å²) in [6.45, 7) is 3.62. The van der Waals surface area contributed by atoms with Crippen LogP contribution in [0.25, 0.3) is 0 Å². The fourth-order valence-electron chi connectivity index (χ4n) is 2.91. The molecule has 2 aromatic rings. The first-order valence-corrected chi connectivity index (χ1v) is 8.52. The van der Waals surface area contributed by atoms with Gasteiger partial charge < -0.3 is 10.2 Å². The number of anilines is 2. The Labute approximate surface area is 150 Å². The molecule has 3 rings (SSSR count). The lowest BCUT2D eigenvalue weighted by Crippen LogP contribution is -2.38. The number of carbonyl (C=O) groups excluding carboxylic acids is 1. The summed E-state index contributed by atoms with van der Waals surface area (Å²) < 4.78 is 37.9. The highest BCUT2D eigenvalue weighted by Gasteiger charge is 2.30. The molecule has 1 aromatic heterocycles. The Morgan fingerprint density at radius 2 is 1.77 bits per heavy atom. The summed E-state index contributed by atoms with van der Waals surface area (Å²) in [5.74, 6) is 0.507. The smallest absolute Gasteiger partial charge is 0.355 e. The number of rotatable bonds is 3. The van der Waals surface area contributed by atoms with Crippen LogP contribution in [-0.2, 0) is 6.18 Å². The summed E-state index contributed by atoms with van der Waals surface area (Å²) in [7, 11) is 0. The second-order valence-electron chi connectivity index (χ2n) is 6.60. The molecule has 1 saturated heterocycles. The summed E-state index contributed by atoms with van der Waals surface area (Å²) in [5.41, 5.74) is 0.743. The molecule has 138 valence electrons. The van der Waals surface area contributed by atoms with Gasteiger partial charge in [-0.3, -0.25) is 9.78 Å². The van der Waals surface area contributed by atoms with E-state index in [4.69, 9.17) is 0 Å². The van der Waals surface area contributed by atoms with Crippen LogP contribution in [0.4, 0.5) is 24.5 Å². The number of hydrogen-bond acceptors (Lipinski definition) is 3. The lowest BCUT2D eigenvalue weighted by atomic mass is 9.99. The molecule has 0 bridgehead atoms. The van der Waals surface area contributed by atoms with Crippen molar-refractivity contribution < 1.29 is 18.0 Å². The van der Waals surface area contributed by atoms with Gasteiger partial charge in [-0.1, -0.05) is 6.92 Å². The SMILES string of the molecule is CC1CCN(C(=O)c2cc(Nc3ccc(C(F)(F)F)cc3)ccn2)CC1. The number of nitrogens with zero attached hydrogens (tertiary/aromatic N) is 2. The molecule has 1 amide bonds. The van der Waals surface area contributed by atoms with Crippen molar-refractivity contribution in [1.82, 2.24) is 9.88 Å². The number of pyridine rings is 1. The van der Waals surface area contributed by atoms with Gasteiger partial charge in [0.05, 0.1) is 5.56 Å². The summed E-state index contributed by atoms with van der Waals surface area (Å²) in [4.78, 5) is 18.5. The standard InChI is InChI=1S/C19H20F3N3O/c1-13-7-10-25(11-8-13)18(26)17-12-16(6-9-23-17)24-15-4-2-14(3-5-15)19(20,21)22/h2-6,9,12-13H,7-8,10-11H2,1H3,(H,23,24). The Bertz CT molecular complexity index is 766. The highest BCUT2D eigenvalue weighted by atomic mass is 19.4. The lowest BCUT2D eigenvalue weighted by Gasteiger charge is -2.30. The van der Waals surface area contributed by atoms with E-state index in [1.54, 1.807) is 17.0 Å². The van der Waals surface area contributed by atoms with Gasteiger partial charge in [-0.2, -0.15) is 13.2 Å². The van der Waals surface area contributed by atoms with Gasteiger partial charge in [0.15, 0.2) is 0 Å². The van der Waals surface area contributed by atoms with Crippen LogP contribution in [0.15, 0.2) is 42.6 Å². The number of hydrogen-bond donors (Lipinski definition) is 1. The maximum absolute atomic E-state index is 12.6. The number of likely N-dealkylation sites (tertiary alicyclic amines) is 1. The molecule has 26 heavy (non-hydrogen) atoms. The van der Waals surface area contributed by atoms with Crippen LogP contribution in [0.5, 0.6) is 0 Å². The summed E-state index contributed by atoms with van der Waals surface area (Å²) in [5, 5.41) is 3.01. The van der Waals surface area contributed by atoms with Crippen LogP contribution in [0.3, 0.4) is 0 Å². The molecular formula is C19H20F3N3O. The lowest BCUT2D eigenvalue weighted by molar-refractivity contribution is -0.137. The topological polar surface area (TPSA) is 45.2 Å². The second kappa shape index (κ2) is 7.35. The van der Waals surface area contributed by atoms with E-state index in [1.165, 1.54) is 18.3 Å². The number of nitrogens with one attached hydrogen (secondary N) is 1. The number of halogens is 3. The minimum atomic E-state index is -4.36. The van der Waals surface area contributed by atoms with Gasteiger partial charge in [-0.15, -0.1) is 0 Å². The molecule has 0 spiro atoms. The molecular weight excluding hydrogens is 343 g/mol. The van der Waals surface area contributed by atoms with Crippen LogP contribution in [0.1, 0.15) is 35.8 Å². The normalized spacial score (nSPS) is 15.8. The van der Waals surface area contributed by atoms with Crippen LogP contribution in [0, 0.1) is 5.92 Å². The number of amides is 1. The van der Waals surface area contributed by atoms with E-state index in [2.05, 4.69) is 17.2 Å². The fraction of sp³-hybridized carbons (Fsp3) is 0.368. The fourth-order valence-corrected chi connectivity index (χ4v) is 2.91. The van der Waals surface area contributed by atoms with Gasteiger partial charge in [-0.05, 0) is 55.2 Å². The minimum Gasteiger partial charge on any atom is -0.355 e. The van der Waals surface area contributed by atoms with Crippen molar-refractivity contribution in [1.29, 1.82) is 0 Å². The van der Waals surface area contributed by atoms with Crippen molar-refractivity contribution in [2.75, 3.05) is 18.4 Å². The van der Waals surface area contributed by atoms with E-state index in [0.717, 1.165) is 38.1 Å². The Morgan fingerprint density at radius 1 is 1.12 bits per heavy atom. The highest BCUT2D eigenvalue weighted by molar-refractivity contribution is 5.93. The molecule has 2 heterocycles. The van der Waals surface area contributed by atoms with Crippen LogP contribution >= 0.6 is 0 Å². The molecule has 1 aliphatic rings. The van der Waals surface area contributed by atoms with Crippen molar-refractivity contribution >= 4 is 17.3 Å². The summed E-state index contributed by atoms with van der Waals surface area (Å²) >= 11 is 0. The Hall–Kier alpha value is -2.57. The van der Waals surface area contributed by atoms with E-state index in [0.29, 0.717) is 23.0 Å². The first kappa shape index (κ1) is 18.2.